The fraction of sp³-hybridized carbons (Fsp3) is 0.0294. The van der Waals surface area contributed by atoms with Gasteiger partial charge in [0, 0.05) is 38.2 Å². The third-order valence-corrected chi connectivity index (χ3v) is 7.58. The van der Waals surface area contributed by atoms with Crippen LogP contribution in [0.2, 0.25) is 5.02 Å². The van der Waals surface area contributed by atoms with Gasteiger partial charge in [-0.2, -0.15) is 0 Å². The first kappa shape index (κ1) is 22.0. The molecule has 1 N–H and O–H groups in total. The summed E-state index contributed by atoms with van der Waals surface area (Å²) < 4.78 is 0. The molecule has 0 spiro atoms. The molecule has 5 aromatic carbocycles. The summed E-state index contributed by atoms with van der Waals surface area (Å²) in [6.45, 7) is 0. The maximum atomic E-state index is 13.1. The molecule has 0 fully saturated rings. The van der Waals surface area contributed by atoms with Gasteiger partial charge in [-0.1, -0.05) is 121 Å². The average Bonchev–Trinajstić information content (AvgIpc) is 3.22. The van der Waals surface area contributed by atoms with Crippen LogP contribution in [0.25, 0.3) is 44.4 Å². The fourth-order valence-corrected chi connectivity index (χ4v) is 5.95. The van der Waals surface area contributed by atoms with E-state index in [0.717, 1.165) is 61.1 Å². The quantitative estimate of drug-likeness (QED) is 0.267. The predicted molar refractivity (Wildman–Crippen MR) is 152 cm³/mol. The molecule has 1 aliphatic rings. The number of halogens is 1. The Labute approximate surface area is 220 Å². The van der Waals surface area contributed by atoms with Crippen molar-refractivity contribution in [1.29, 1.82) is 0 Å². The maximum Gasteiger partial charge on any atom is 0.143 e. The molecule has 2 nitrogen and oxygen atoms in total. The molecule has 0 bridgehead atoms. The van der Waals surface area contributed by atoms with Gasteiger partial charge in [-0.05, 0) is 34.9 Å². The minimum Gasteiger partial charge on any atom is -0.376 e. The Bertz CT molecular complexity index is 1800. The van der Waals surface area contributed by atoms with Crippen molar-refractivity contribution in [2.75, 3.05) is 0 Å². The summed E-state index contributed by atoms with van der Waals surface area (Å²) in [6.07, 6.45) is 0. The molecule has 176 valence electrons. The molecule has 6 aromatic rings. The van der Waals surface area contributed by atoms with Crippen LogP contribution in [0.5, 0.6) is 0 Å². The van der Waals surface area contributed by atoms with Crippen LogP contribution in [0, 0.1) is 0 Å². The highest BCUT2D eigenvalue weighted by atomic mass is 35.5. The number of aromatic nitrogens is 1. The Morgan fingerprint density at radius 1 is 0.595 bits per heavy atom. The third kappa shape index (κ3) is 3.27. The Kier molecular flexibility index (Phi) is 5.00. The molecule has 7 rings (SSSR count). The van der Waals surface area contributed by atoms with Crippen molar-refractivity contribution < 1.29 is 5.11 Å². The molecule has 0 saturated carbocycles. The van der Waals surface area contributed by atoms with Crippen LogP contribution in [-0.2, 0) is 5.60 Å². The zero-order valence-electron chi connectivity index (χ0n) is 19.9. The van der Waals surface area contributed by atoms with Crippen molar-refractivity contribution in [3.8, 4) is 33.5 Å². The van der Waals surface area contributed by atoms with E-state index in [1.165, 1.54) is 0 Å². The van der Waals surface area contributed by atoms with Crippen molar-refractivity contribution in [3.05, 3.63) is 149 Å². The summed E-state index contributed by atoms with van der Waals surface area (Å²) in [5, 5.41) is 14.6. The number of para-hydroxylation sites is 1. The van der Waals surface area contributed by atoms with Crippen molar-refractivity contribution >= 4 is 22.5 Å². The van der Waals surface area contributed by atoms with Crippen LogP contribution in [0.4, 0.5) is 0 Å². The van der Waals surface area contributed by atoms with E-state index in [1.807, 2.05) is 91.0 Å². The molecule has 1 aromatic heterocycles. The van der Waals surface area contributed by atoms with Gasteiger partial charge in [0.05, 0.1) is 11.2 Å². The first-order valence-electron chi connectivity index (χ1n) is 12.3. The van der Waals surface area contributed by atoms with Gasteiger partial charge in [-0.15, -0.1) is 0 Å². The lowest BCUT2D eigenvalue weighted by Gasteiger charge is -2.30. The summed E-state index contributed by atoms with van der Waals surface area (Å²) in [5.41, 5.74) is 7.63. The van der Waals surface area contributed by atoms with Crippen molar-refractivity contribution in [2.24, 2.45) is 0 Å². The molecule has 0 amide bonds. The number of nitrogens with zero attached hydrogens (tertiary/aromatic N) is 1. The second-order valence-corrected chi connectivity index (χ2v) is 9.84. The summed E-state index contributed by atoms with van der Waals surface area (Å²) in [5.74, 6) is 0. The summed E-state index contributed by atoms with van der Waals surface area (Å²) in [6, 6.07) is 42.4. The Hall–Kier alpha value is -4.24. The lowest BCUT2D eigenvalue weighted by molar-refractivity contribution is 0.133. The topological polar surface area (TPSA) is 33.1 Å². The van der Waals surface area contributed by atoms with Crippen LogP contribution >= 0.6 is 11.6 Å². The van der Waals surface area contributed by atoms with E-state index in [0.29, 0.717) is 5.02 Å². The lowest BCUT2D eigenvalue weighted by atomic mass is 9.79. The number of aliphatic hydroxyl groups is 1. The van der Waals surface area contributed by atoms with Gasteiger partial charge in [-0.3, -0.25) is 0 Å². The zero-order valence-corrected chi connectivity index (χ0v) is 20.7. The van der Waals surface area contributed by atoms with Crippen LogP contribution < -0.4 is 0 Å². The van der Waals surface area contributed by atoms with Crippen LogP contribution in [0.1, 0.15) is 16.7 Å². The van der Waals surface area contributed by atoms with Crippen molar-refractivity contribution in [2.45, 2.75) is 5.60 Å². The summed E-state index contributed by atoms with van der Waals surface area (Å²) >= 11 is 6.57. The number of hydrogen-bond donors (Lipinski definition) is 1. The molecular formula is C34H22ClNO. The number of rotatable bonds is 3. The fourth-order valence-electron chi connectivity index (χ4n) is 5.78. The highest BCUT2D eigenvalue weighted by Gasteiger charge is 2.47. The highest BCUT2D eigenvalue weighted by molar-refractivity contribution is 6.31. The number of pyridine rings is 1. The number of benzene rings is 5. The molecule has 1 aliphatic carbocycles. The van der Waals surface area contributed by atoms with E-state index in [2.05, 4.69) is 36.4 Å². The summed E-state index contributed by atoms with van der Waals surface area (Å²) in [7, 11) is 0. The monoisotopic (exact) mass is 495 g/mol. The molecule has 1 atom stereocenters. The first-order valence-corrected chi connectivity index (χ1v) is 12.7. The van der Waals surface area contributed by atoms with Gasteiger partial charge in [0.2, 0.25) is 0 Å². The van der Waals surface area contributed by atoms with E-state index < -0.39 is 5.60 Å². The smallest absolute Gasteiger partial charge is 0.143 e. The molecule has 1 heterocycles. The predicted octanol–water partition coefficient (Wildman–Crippen LogP) is 8.49. The molecular weight excluding hydrogens is 474 g/mol. The maximum absolute atomic E-state index is 13.1. The number of fused-ring (bicyclic) bond motifs is 5. The lowest BCUT2D eigenvalue weighted by Crippen LogP contribution is -2.27. The standard InChI is InChI=1S/C34H22ClNO/c35-24-19-20-29-27(21-24)31-32(26-16-8-10-18-30(26)36-33(31)23-13-5-2-6-14-23)34(29,37)28-17-9-7-15-25(28)22-11-3-1-4-12-22/h1-21,37H. The molecule has 0 saturated heterocycles. The molecule has 0 radical (unpaired) electrons. The van der Waals surface area contributed by atoms with Crippen molar-refractivity contribution in [3.63, 3.8) is 0 Å². The van der Waals surface area contributed by atoms with E-state index in [9.17, 15) is 5.11 Å². The summed E-state index contributed by atoms with van der Waals surface area (Å²) in [4.78, 5) is 5.13. The van der Waals surface area contributed by atoms with Crippen LogP contribution in [-0.4, -0.2) is 10.1 Å². The Morgan fingerprint density at radius 2 is 1.22 bits per heavy atom. The molecule has 37 heavy (non-hydrogen) atoms. The third-order valence-electron chi connectivity index (χ3n) is 7.34. The Morgan fingerprint density at radius 3 is 2.00 bits per heavy atom. The van der Waals surface area contributed by atoms with E-state index in [1.54, 1.807) is 0 Å². The van der Waals surface area contributed by atoms with Gasteiger partial charge in [0.1, 0.15) is 5.60 Å². The van der Waals surface area contributed by atoms with Crippen molar-refractivity contribution in [1.82, 2.24) is 4.98 Å². The van der Waals surface area contributed by atoms with E-state index in [4.69, 9.17) is 16.6 Å². The van der Waals surface area contributed by atoms with Crippen LogP contribution in [0.3, 0.4) is 0 Å². The van der Waals surface area contributed by atoms with Gasteiger partial charge in [0.15, 0.2) is 0 Å². The number of hydrogen-bond acceptors (Lipinski definition) is 2. The Balaban J connectivity index is 1.66. The van der Waals surface area contributed by atoms with Gasteiger partial charge in [-0.25, -0.2) is 4.98 Å². The van der Waals surface area contributed by atoms with Gasteiger partial charge < -0.3 is 5.11 Å². The minimum atomic E-state index is -1.41. The molecule has 3 heteroatoms. The average molecular weight is 496 g/mol. The van der Waals surface area contributed by atoms with E-state index in [-0.39, 0.29) is 0 Å². The van der Waals surface area contributed by atoms with E-state index >= 15 is 0 Å². The zero-order chi connectivity index (χ0) is 25.0. The first-order chi connectivity index (χ1) is 18.2. The normalized spacial score (nSPS) is 15.9. The SMILES string of the molecule is OC1(c2ccccc2-c2ccccc2)c2ccc(Cl)cc2-c2c(-c3ccccc3)nc3ccccc3c21. The second-order valence-electron chi connectivity index (χ2n) is 9.41. The minimum absolute atomic E-state index is 0.623. The van der Waals surface area contributed by atoms with Gasteiger partial charge >= 0.3 is 0 Å². The highest BCUT2D eigenvalue weighted by Crippen LogP contribution is 2.57. The second kappa shape index (κ2) is 8.41. The largest absolute Gasteiger partial charge is 0.376 e. The van der Waals surface area contributed by atoms with Gasteiger partial charge in [0.25, 0.3) is 0 Å². The molecule has 1 unspecified atom stereocenters. The van der Waals surface area contributed by atoms with Crippen LogP contribution in [0.15, 0.2) is 127 Å². The molecule has 0 aliphatic heterocycles.